The Bertz CT molecular complexity index is 1330. The van der Waals surface area contributed by atoms with Gasteiger partial charge < -0.3 is 4.90 Å². The van der Waals surface area contributed by atoms with Gasteiger partial charge in [0.15, 0.2) is 5.78 Å². The molecule has 0 radical (unpaired) electrons. The van der Waals surface area contributed by atoms with Crippen LogP contribution >= 0.6 is 0 Å². The summed E-state index contributed by atoms with van der Waals surface area (Å²) in [6, 6.07) is 0. The molecule has 0 bridgehead atoms. The number of hydrogen-bond acceptors (Lipinski definition) is 8. The van der Waals surface area contributed by atoms with Crippen LogP contribution < -0.4 is 5.43 Å². The topological polar surface area (TPSA) is 105 Å². The van der Waals surface area contributed by atoms with Crippen molar-refractivity contribution >= 4 is 23.6 Å². The van der Waals surface area contributed by atoms with Crippen LogP contribution in [0.2, 0.25) is 0 Å². The van der Waals surface area contributed by atoms with Gasteiger partial charge in [-0.3, -0.25) is 15.0 Å². The molecule has 1 saturated heterocycles. The third-order valence-electron chi connectivity index (χ3n) is 14.6. The van der Waals surface area contributed by atoms with Crippen LogP contribution in [0.5, 0.6) is 0 Å². The highest BCUT2D eigenvalue weighted by Crippen LogP contribution is 2.76. The van der Waals surface area contributed by atoms with Crippen LogP contribution in [0.1, 0.15) is 127 Å². The predicted octanol–water partition coefficient (Wildman–Crippen LogP) is 6.66. The second-order valence-electron chi connectivity index (χ2n) is 18.0. The number of nitrogens with zero attached hydrogens (tertiary/aromatic N) is 2. The number of nitrogens with one attached hydrogen (secondary N) is 1. The van der Waals surface area contributed by atoms with Gasteiger partial charge in [-0.2, -0.15) is 0 Å². The smallest absolute Gasteiger partial charge is 0.304 e. The summed E-state index contributed by atoms with van der Waals surface area (Å²) in [7, 11) is 2.09. The third-order valence-corrected chi connectivity index (χ3v) is 14.6. The van der Waals surface area contributed by atoms with Crippen molar-refractivity contribution in [3.63, 3.8) is 0 Å². The number of ketones is 1. The summed E-state index contributed by atoms with van der Waals surface area (Å²) in [5.41, 5.74) is 4.55. The van der Waals surface area contributed by atoms with Gasteiger partial charge in [-0.15, -0.1) is 0 Å². The Morgan fingerprint density at radius 3 is 2.08 bits per heavy atom. The highest BCUT2D eigenvalue weighted by molar-refractivity contribution is 6.06. The molecule has 0 aromatic heterocycles. The molecule has 6 aliphatic rings. The van der Waals surface area contributed by atoms with E-state index in [1.165, 1.54) is 39.0 Å². The lowest BCUT2D eigenvalue weighted by Crippen LogP contribution is -2.64. The van der Waals surface area contributed by atoms with Crippen molar-refractivity contribution in [1.29, 1.82) is 0 Å². The predicted molar refractivity (Wildman–Crippen MR) is 185 cm³/mol. The Labute approximate surface area is 289 Å². The van der Waals surface area contributed by atoms with Crippen LogP contribution in [0.15, 0.2) is 11.1 Å². The molecule has 48 heavy (non-hydrogen) atoms. The van der Waals surface area contributed by atoms with E-state index in [1.807, 2.05) is 5.01 Å². The largest absolute Gasteiger partial charge is 0.366 e. The number of carbonyl (C=O) groups excluding carboxylic acids is 4. The summed E-state index contributed by atoms with van der Waals surface area (Å²) in [5, 5.41) is 1.96. The molecular formula is C39H63N3O6. The third kappa shape index (κ3) is 6.07. The van der Waals surface area contributed by atoms with E-state index in [2.05, 4.69) is 65.8 Å². The first kappa shape index (κ1) is 37.0. The van der Waals surface area contributed by atoms with Crippen molar-refractivity contribution < 1.29 is 29.0 Å². The lowest BCUT2D eigenvalue weighted by molar-refractivity contribution is -0.267. The minimum Gasteiger partial charge on any atom is -0.304 e. The maximum absolute atomic E-state index is 13.6. The first-order valence-electron chi connectivity index (χ1n) is 18.7. The highest BCUT2D eigenvalue weighted by Gasteiger charge is 2.70. The van der Waals surface area contributed by atoms with Crippen molar-refractivity contribution in [2.45, 2.75) is 127 Å². The number of amides is 1. The molecule has 0 spiro atoms. The van der Waals surface area contributed by atoms with Crippen LogP contribution in [-0.2, 0) is 29.0 Å². The number of Topliss-reactive ketones (excluding diaryl/α,β-unsaturated/α-hetero) is 1. The molecule has 4 saturated carbocycles. The lowest BCUT2D eigenvalue weighted by atomic mass is 9.33. The molecule has 1 heterocycles. The highest BCUT2D eigenvalue weighted by atomic mass is 17.2. The number of hydrazine groups is 1. The fourth-order valence-corrected chi connectivity index (χ4v) is 12.3. The summed E-state index contributed by atoms with van der Waals surface area (Å²) in [4.78, 5) is 61.2. The van der Waals surface area contributed by atoms with Gasteiger partial charge in [-0.05, 0) is 115 Å². The standard InChI is InChI=1S/C32H48O5.C7H15N3O/c1-19(2)25-22(34)18-32(27(35)37-36-20(3)33)17-16-30(7)21(26(25)32)10-11-24-29(6)14-9-13-28(4,5)23(29)12-15-31(24,30)8;1-7(11)8-10-5-3-9(2)4-6-10/h19,21,23-24H,9-18H2,1-8H3;3-6H2,1-2H3,(H,8,11)/t21-,23+,24-,29+,30-,31-,32-;/m1./s1. The van der Waals surface area contributed by atoms with E-state index in [0.29, 0.717) is 23.2 Å². The van der Waals surface area contributed by atoms with Crippen molar-refractivity contribution in [3.8, 4) is 0 Å². The number of allylic oxidation sites excluding steroid dienone is 1. The van der Waals surface area contributed by atoms with Gasteiger partial charge in [0, 0.05) is 46.4 Å². The zero-order chi connectivity index (χ0) is 35.4. The first-order chi connectivity index (χ1) is 22.3. The van der Waals surface area contributed by atoms with Crippen molar-refractivity contribution in [2.75, 3.05) is 33.2 Å². The summed E-state index contributed by atoms with van der Waals surface area (Å²) >= 11 is 0. The van der Waals surface area contributed by atoms with Crippen LogP contribution in [0.3, 0.4) is 0 Å². The molecule has 6 rings (SSSR count). The Morgan fingerprint density at radius 1 is 0.812 bits per heavy atom. The van der Waals surface area contributed by atoms with Gasteiger partial charge in [0.1, 0.15) is 5.41 Å². The Hall–Kier alpha value is -2.26. The average molecular weight is 670 g/mol. The fraction of sp³-hybridized carbons (Fsp3) is 0.846. The summed E-state index contributed by atoms with van der Waals surface area (Å²) in [6.45, 7) is 23.5. The fourth-order valence-electron chi connectivity index (χ4n) is 12.3. The van der Waals surface area contributed by atoms with Gasteiger partial charge in [0.05, 0.1) is 0 Å². The summed E-state index contributed by atoms with van der Waals surface area (Å²) in [5.74, 6) is 0.519. The molecule has 0 aromatic rings. The van der Waals surface area contributed by atoms with Crippen LogP contribution in [0.4, 0.5) is 0 Å². The molecule has 1 aliphatic heterocycles. The second-order valence-corrected chi connectivity index (χ2v) is 18.0. The second kappa shape index (κ2) is 13.1. The van der Waals surface area contributed by atoms with Gasteiger partial charge in [-0.1, -0.05) is 54.9 Å². The van der Waals surface area contributed by atoms with Gasteiger partial charge in [0.2, 0.25) is 5.91 Å². The van der Waals surface area contributed by atoms with Crippen LogP contribution in [0.25, 0.3) is 0 Å². The Kier molecular flexibility index (Phi) is 10.1. The van der Waals surface area contributed by atoms with Crippen molar-refractivity contribution in [2.24, 2.45) is 50.7 Å². The van der Waals surface area contributed by atoms with Gasteiger partial charge >= 0.3 is 11.9 Å². The van der Waals surface area contributed by atoms with Crippen molar-refractivity contribution in [3.05, 3.63) is 11.1 Å². The van der Waals surface area contributed by atoms with E-state index in [4.69, 9.17) is 9.78 Å². The summed E-state index contributed by atoms with van der Waals surface area (Å²) in [6.07, 6.45) is 10.3. The number of hydrogen-bond donors (Lipinski definition) is 1. The molecule has 7 atom stereocenters. The zero-order valence-corrected chi connectivity index (χ0v) is 31.6. The van der Waals surface area contributed by atoms with Crippen LogP contribution in [0, 0.1) is 50.7 Å². The maximum atomic E-state index is 13.6. The molecule has 0 unspecified atom stereocenters. The molecule has 1 amide bonds. The number of fused-ring (bicyclic) bond motifs is 7. The first-order valence-corrected chi connectivity index (χ1v) is 18.7. The number of carbonyl (C=O) groups is 4. The molecule has 5 fully saturated rings. The number of rotatable bonds is 3. The van der Waals surface area contributed by atoms with E-state index >= 15 is 0 Å². The van der Waals surface area contributed by atoms with E-state index in [1.54, 1.807) is 6.92 Å². The number of likely N-dealkylation sites (N-methyl/N-ethyl adjacent to an activating group) is 1. The minimum absolute atomic E-state index is 0.0107. The number of piperazine rings is 1. The molecule has 270 valence electrons. The van der Waals surface area contributed by atoms with E-state index < -0.39 is 17.4 Å². The average Bonchev–Trinajstić information content (AvgIpc) is 3.30. The van der Waals surface area contributed by atoms with Crippen LogP contribution in [-0.4, -0.2) is 66.8 Å². The van der Waals surface area contributed by atoms with E-state index in [0.717, 1.165) is 62.5 Å². The Morgan fingerprint density at radius 2 is 1.48 bits per heavy atom. The molecule has 9 nitrogen and oxygen atoms in total. The van der Waals surface area contributed by atoms with E-state index in [9.17, 15) is 19.2 Å². The normalized spacial score (nSPS) is 39.2. The summed E-state index contributed by atoms with van der Waals surface area (Å²) < 4.78 is 0. The molecule has 5 aliphatic carbocycles. The monoisotopic (exact) mass is 669 g/mol. The molecular weight excluding hydrogens is 606 g/mol. The maximum Gasteiger partial charge on any atom is 0.366 e. The van der Waals surface area contributed by atoms with E-state index in [-0.39, 0.29) is 40.8 Å². The molecule has 9 heteroatoms. The van der Waals surface area contributed by atoms with Crippen molar-refractivity contribution in [1.82, 2.24) is 15.3 Å². The SMILES string of the molecule is CC(=O)NN1CCN(C)CC1.CC(=O)OOC(=O)[C@@]12CC[C@]3(C)[C@H](CC[C@@H]4[C@@]5(C)CCCC(C)(C)[C@@H]5CC[C@]43C)C1=C(C(C)C)C(=O)C2. The quantitative estimate of drug-likeness (QED) is 0.263. The molecule has 1 N–H and O–H groups in total. The zero-order valence-electron chi connectivity index (χ0n) is 31.6. The lowest BCUT2D eigenvalue weighted by Gasteiger charge is -2.71. The van der Waals surface area contributed by atoms with Gasteiger partial charge in [0.25, 0.3) is 0 Å². The minimum atomic E-state index is -0.993. The molecule has 0 aromatic carbocycles. The van der Waals surface area contributed by atoms with Gasteiger partial charge in [-0.25, -0.2) is 24.4 Å². The Balaban J connectivity index is 0.000000349.